The van der Waals surface area contributed by atoms with Crippen LogP contribution in [0.5, 0.6) is 0 Å². The summed E-state index contributed by atoms with van der Waals surface area (Å²) in [5.74, 6) is 0.597. The second-order valence-electron chi connectivity index (χ2n) is 2.78. The normalized spacial score (nSPS) is 23.1. The molecule has 1 aliphatic heterocycles. The van der Waals surface area contributed by atoms with Crippen LogP contribution in [-0.2, 0) is 9.84 Å². The maximum atomic E-state index is 10.9. The molecule has 0 spiro atoms. The fraction of sp³-hybridized carbons (Fsp3) is 1.00. The molecule has 0 bridgehead atoms. The zero-order chi connectivity index (χ0) is 8.32. The lowest BCUT2D eigenvalue weighted by molar-refractivity contribution is 0.304. The van der Waals surface area contributed by atoms with Crippen molar-refractivity contribution in [1.82, 2.24) is 4.90 Å². The number of nitrogens with two attached hydrogens (primary N) is 1. The summed E-state index contributed by atoms with van der Waals surface area (Å²) >= 11 is 0. The minimum absolute atomic E-state index is 0. The van der Waals surface area contributed by atoms with Crippen LogP contribution in [0.2, 0.25) is 0 Å². The molecule has 6 heteroatoms. The van der Waals surface area contributed by atoms with E-state index in [1.165, 1.54) is 0 Å². The predicted octanol–water partition coefficient (Wildman–Crippen LogP) is -0.903. The zero-order valence-corrected chi connectivity index (χ0v) is 8.53. The van der Waals surface area contributed by atoms with Gasteiger partial charge in [0.15, 0.2) is 9.84 Å². The van der Waals surface area contributed by atoms with Gasteiger partial charge >= 0.3 is 0 Å². The van der Waals surface area contributed by atoms with Crippen LogP contribution in [0.1, 0.15) is 0 Å². The van der Waals surface area contributed by atoms with Gasteiger partial charge in [-0.3, -0.25) is 0 Å². The molecule has 0 aromatic carbocycles. The first kappa shape index (κ1) is 12.2. The van der Waals surface area contributed by atoms with Crippen molar-refractivity contribution < 1.29 is 8.42 Å². The van der Waals surface area contributed by atoms with Crippen molar-refractivity contribution in [3.05, 3.63) is 0 Å². The van der Waals surface area contributed by atoms with Crippen molar-refractivity contribution >= 4 is 22.2 Å². The smallest absolute Gasteiger partial charge is 0.152 e. The van der Waals surface area contributed by atoms with Crippen molar-refractivity contribution in [1.29, 1.82) is 0 Å². The fourth-order valence-electron chi connectivity index (χ4n) is 1.16. The first-order chi connectivity index (χ1) is 5.14. The molecule has 0 unspecified atom stereocenters. The highest BCUT2D eigenvalue weighted by molar-refractivity contribution is 7.91. The molecular formula is C6H15ClN2O2S. The zero-order valence-electron chi connectivity index (χ0n) is 6.90. The molecule has 1 saturated heterocycles. The molecule has 1 fully saturated rings. The maximum Gasteiger partial charge on any atom is 0.152 e. The Bertz CT molecular complexity index is 204. The van der Waals surface area contributed by atoms with Crippen molar-refractivity contribution in [2.24, 2.45) is 5.73 Å². The standard InChI is InChI=1S/C6H14N2O2S.ClH/c7-1-2-8-3-5-11(9,10)6-4-8;/h1-7H2;1H. The number of hydrogen-bond acceptors (Lipinski definition) is 4. The van der Waals surface area contributed by atoms with Gasteiger partial charge in [-0.2, -0.15) is 0 Å². The van der Waals surface area contributed by atoms with Gasteiger partial charge in [0, 0.05) is 26.2 Å². The lowest BCUT2D eigenvalue weighted by Crippen LogP contribution is -2.42. The Morgan fingerprint density at radius 2 is 1.75 bits per heavy atom. The van der Waals surface area contributed by atoms with E-state index in [4.69, 9.17) is 5.73 Å². The van der Waals surface area contributed by atoms with E-state index in [1.54, 1.807) is 0 Å². The summed E-state index contributed by atoms with van der Waals surface area (Å²) in [5.41, 5.74) is 5.34. The lowest BCUT2D eigenvalue weighted by atomic mass is 10.5. The fourth-order valence-corrected chi connectivity index (χ4v) is 2.43. The largest absolute Gasteiger partial charge is 0.329 e. The monoisotopic (exact) mass is 214 g/mol. The Labute approximate surface area is 79.4 Å². The van der Waals surface area contributed by atoms with Crippen LogP contribution in [0.15, 0.2) is 0 Å². The number of rotatable bonds is 2. The average Bonchev–Trinajstić information content (AvgIpc) is 1.94. The molecule has 0 amide bonds. The van der Waals surface area contributed by atoms with Gasteiger partial charge in [0.2, 0.25) is 0 Å². The SMILES string of the molecule is Cl.NCCN1CCS(=O)(=O)CC1. The van der Waals surface area contributed by atoms with Gasteiger partial charge in [0.25, 0.3) is 0 Å². The minimum atomic E-state index is -2.72. The second kappa shape index (κ2) is 5.01. The van der Waals surface area contributed by atoms with E-state index in [0.29, 0.717) is 31.1 Å². The van der Waals surface area contributed by atoms with Crippen LogP contribution in [-0.4, -0.2) is 51.0 Å². The van der Waals surface area contributed by atoms with Gasteiger partial charge in [-0.1, -0.05) is 0 Å². The molecule has 0 aromatic rings. The number of halogens is 1. The Hall–Kier alpha value is 0.160. The summed E-state index contributed by atoms with van der Waals surface area (Å²) in [6.45, 7) is 2.73. The van der Waals surface area contributed by atoms with E-state index in [2.05, 4.69) is 4.90 Å². The van der Waals surface area contributed by atoms with E-state index in [1.807, 2.05) is 0 Å². The lowest BCUT2D eigenvalue weighted by Gasteiger charge is -2.25. The van der Waals surface area contributed by atoms with E-state index in [9.17, 15) is 8.42 Å². The topological polar surface area (TPSA) is 63.4 Å². The van der Waals surface area contributed by atoms with Gasteiger partial charge in [-0.15, -0.1) is 12.4 Å². The molecular weight excluding hydrogens is 200 g/mol. The van der Waals surface area contributed by atoms with Crippen LogP contribution in [0.25, 0.3) is 0 Å². The highest BCUT2D eigenvalue weighted by atomic mass is 35.5. The van der Waals surface area contributed by atoms with Crippen molar-refractivity contribution in [3.63, 3.8) is 0 Å². The Balaban J connectivity index is 0.00000121. The van der Waals surface area contributed by atoms with Crippen molar-refractivity contribution in [2.45, 2.75) is 0 Å². The third-order valence-corrected chi connectivity index (χ3v) is 3.49. The molecule has 4 nitrogen and oxygen atoms in total. The summed E-state index contributed by atoms with van der Waals surface area (Å²) in [4.78, 5) is 2.08. The van der Waals surface area contributed by atoms with Crippen LogP contribution in [0.3, 0.4) is 0 Å². The minimum Gasteiger partial charge on any atom is -0.329 e. The maximum absolute atomic E-state index is 10.9. The molecule has 74 valence electrons. The molecule has 0 aromatic heterocycles. The van der Waals surface area contributed by atoms with Crippen molar-refractivity contribution in [3.8, 4) is 0 Å². The predicted molar refractivity (Wildman–Crippen MR) is 51.4 cm³/mol. The summed E-state index contributed by atoms with van der Waals surface area (Å²) in [7, 11) is -2.72. The van der Waals surface area contributed by atoms with Crippen LogP contribution < -0.4 is 5.73 Å². The molecule has 0 atom stereocenters. The van der Waals surface area contributed by atoms with Gasteiger partial charge in [0.05, 0.1) is 11.5 Å². The molecule has 0 saturated carbocycles. The van der Waals surface area contributed by atoms with Gasteiger partial charge in [-0.25, -0.2) is 8.42 Å². The molecule has 0 aliphatic carbocycles. The van der Waals surface area contributed by atoms with Gasteiger partial charge < -0.3 is 10.6 Å². The number of hydrogen-bond donors (Lipinski definition) is 1. The molecule has 0 radical (unpaired) electrons. The molecule has 1 rings (SSSR count). The van der Waals surface area contributed by atoms with Crippen LogP contribution in [0.4, 0.5) is 0 Å². The highest BCUT2D eigenvalue weighted by Gasteiger charge is 2.20. The van der Waals surface area contributed by atoms with E-state index < -0.39 is 9.84 Å². The number of nitrogens with zero attached hydrogens (tertiary/aromatic N) is 1. The first-order valence-electron chi connectivity index (χ1n) is 3.77. The molecule has 12 heavy (non-hydrogen) atoms. The Morgan fingerprint density at radius 3 is 2.17 bits per heavy atom. The van der Waals surface area contributed by atoms with Crippen LogP contribution >= 0.6 is 12.4 Å². The van der Waals surface area contributed by atoms with E-state index >= 15 is 0 Å². The van der Waals surface area contributed by atoms with Gasteiger partial charge in [-0.05, 0) is 0 Å². The second-order valence-corrected chi connectivity index (χ2v) is 5.09. The van der Waals surface area contributed by atoms with E-state index in [0.717, 1.165) is 6.54 Å². The Morgan fingerprint density at radius 1 is 1.25 bits per heavy atom. The molecule has 1 heterocycles. The van der Waals surface area contributed by atoms with Crippen LogP contribution in [0, 0.1) is 0 Å². The molecule has 2 N–H and O–H groups in total. The quantitative estimate of drug-likeness (QED) is 0.647. The van der Waals surface area contributed by atoms with Gasteiger partial charge in [0.1, 0.15) is 0 Å². The summed E-state index contributed by atoms with van der Waals surface area (Å²) < 4.78 is 21.9. The third-order valence-electron chi connectivity index (χ3n) is 1.88. The summed E-state index contributed by atoms with van der Waals surface area (Å²) in [6.07, 6.45) is 0. The Kier molecular flexibility index (Phi) is 5.08. The third kappa shape index (κ3) is 3.71. The van der Waals surface area contributed by atoms with Crippen molar-refractivity contribution in [2.75, 3.05) is 37.7 Å². The highest BCUT2D eigenvalue weighted by Crippen LogP contribution is 2.01. The number of sulfone groups is 1. The van der Waals surface area contributed by atoms with E-state index in [-0.39, 0.29) is 12.4 Å². The summed E-state index contributed by atoms with van der Waals surface area (Å²) in [5, 5.41) is 0. The summed E-state index contributed by atoms with van der Waals surface area (Å²) in [6, 6.07) is 0. The first-order valence-corrected chi connectivity index (χ1v) is 5.59. The molecule has 1 aliphatic rings. The average molecular weight is 215 g/mol.